The number of aromatic nitrogens is 2. The fraction of sp³-hybridized carbons (Fsp3) is 0.583. The minimum Gasteiger partial charge on any atom is -0.478 e. The van der Waals surface area contributed by atoms with E-state index in [1.54, 1.807) is 11.3 Å². The van der Waals surface area contributed by atoms with Crippen molar-refractivity contribution < 1.29 is 19.2 Å². The first-order valence-electron chi connectivity index (χ1n) is 11.5. The lowest BCUT2D eigenvalue weighted by Crippen LogP contribution is -2.17. The van der Waals surface area contributed by atoms with Crippen LogP contribution in [-0.2, 0) is 28.9 Å². The number of allylic oxidation sites excluding steroid dienone is 1. The number of thiophene rings is 1. The zero-order chi connectivity index (χ0) is 21.5. The average molecular weight is 441 g/mol. The van der Waals surface area contributed by atoms with Gasteiger partial charge in [-0.25, -0.2) is 4.79 Å². The van der Waals surface area contributed by atoms with Gasteiger partial charge in [0.2, 0.25) is 0 Å². The van der Waals surface area contributed by atoms with E-state index in [1.165, 1.54) is 10.4 Å². The van der Waals surface area contributed by atoms with Crippen molar-refractivity contribution in [2.24, 2.45) is 5.92 Å². The molecule has 0 radical (unpaired) electrons. The minimum atomic E-state index is -0.953. The molecule has 31 heavy (non-hydrogen) atoms. The molecule has 164 valence electrons. The van der Waals surface area contributed by atoms with Crippen LogP contribution in [0, 0.1) is 5.92 Å². The number of aliphatic carboxylic acids is 1. The fourth-order valence-corrected chi connectivity index (χ4v) is 6.44. The first-order valence-corrected chi connectivity index (χ1v) is 12.3. The maximum absolute atomic E-state index is 13.2. The van der Waals surface area contributed by atoms with Gasteiger partial charge in [0.25, 0.3) is 5.89 Å². The lowest BCUT2D eigenvalue weighted by Gasteiger charge is -2.20. The molecule has 0 aliphatic heterocycles. The molecule has 2 aromatic heterocycles. The molecule has 0 spiro atoms. The van der Waals surface area contributed by atoms with Crippen molar-refractivity contribution in [3.05, 3.63) is 32.3 Å². The first kappa shape index (κ1) is 20.6. The fourth-order valence-electron chi connectivity index (χ4n) is 4.98. The van der Waals surface area contributed by atoms with E-state index in [4.69, 9.17) is 9.51 Å². The highest BCUT2D eigenvalue weighted by Gasteiger charge is 2.33. The summed E-state index contributed by atoms with van der Waals surface area (Å²) in [5.41, 5.74) is 3.03. The van der Waals surface area contributed by atoms with E-state index < -0.39 is 5.97 Å². The van der Waals surface area contributed by atoms with E-state index in [2.05, 4.69) is 12.1 Å². The minimum absolute atomic E-state index is 0.0640. The number of ketones is 1. The summed E-state index contributed by atoms with van der Waals surface area (Å²) in [5.74, 6) is 1.38. The summed E-state index contributed by atoms with van der Waals surface area (Å²) in [6, 6.07) is 0. The third kappa shape index (κ3) is 4.00. The number of fused-ring (bicyclic) bond motifs is 1. The molecule has 7 heteroatoms. The van der Waals surface area contributed by atoms with Gasteiger partial charge in [-0.1, -0.05) is 18.5 Å². The normalized spacial score (nSPS) is 21.3. The summed E-state index contributed by atoms with van der Waals surface area (Å²) in [6.07, 6.45) is 9.48. The number of carbonyl (C=O) groups excluding carboxylic acids is 1. The third-order valence-corrected chi connectivity index (χ3v) is 8.25. The molecule has 1 atom stereocenters. The summed E-state index contributed by atoms with van der Waals surface area (Å²) in [7, 11) is 0. The van der Waals surface area contributed by atoms with Crippen LogP contribution >= 0.6 is 11.3 Å². The molecule has 0 aromatic carbocycles. The predicted octanol–water partition coefficient (Wildman–Crippen LogP) is 5.26. The Balaban J connectivity index is 1.52. The van der Waals surface area contributed by atoms with Crippen LogP contribution in [0.25, 0.3) is 11.5 Å². The Labute approximate surface area is 185 Å². The van der Waals surface area contributed by atoms with Gasteiger partial charge in [0.05, 0.1) is 5.56 Å². The van der Waals surface area contributed by atoms with Gasteiger partial charge in [-0.2, -0.15) is 4.98 Å². The molecule has 0 bridgehead atoms. The monoisotopic (exact) mass is 440 g/mol. The largest absolute Gasteiger partial charge is 0.478 e. The van der Waals surface area contributed by atoms with Crippen molar-refractivity contribution in [2.75, 3.05) is 0 Å². The number of Topliss-reactive ketones (excluding diaryl/α,β-unsaturated/α-hetero) is 1. The number of carbonyl (C=O) groups is 2. The molecule has 2 heterocycles. The topological polar surface area (TPSA) is 93.3 Å². The van der Waals surface area contributed by atoms with Crippen LogP contribution in [0.15, 0.2) is 15.7 Å². The molecule has 1 N–H and O–H groups in total. The highest BCUT2D eigenvalue weighted by Crippen LogP contribution is 2.44. The summed E-state index contributed by atoms with van der Waals surface area (Å²) in [6.45, 7) is 2.23. The quantitative estimate of drug-likeness (QED) is 0.631. The Morgan fingerprint density at radius 3 is 2.61 bits per heavy atom. The van der Waals surface area contributed by atoms with E-state index in [0.29, 0.717) is 41.7 Å². The predicted molar refractivity (Wildman–Crippen MR) is 117 cm³/mol. The molecule has 0 saturated heterocycles. The van der Waals surface area contributed by atoms with Crippen LogP contribution < -0.4 is 0 Å². The second kappa shape index (κ2) is 8.34. The van der Waals surface area contributed by atoms with E-state index in [1.807, 2.05) is 0 Å². The summed E-state index contributed by atoms with van der Waals surface area (Å²) in [5, 5.41) is 13.8. The van der Waals surface area contributed by atoms with Gasteiger partial charge in [0.15, 0.2) is 11.6 Å². The van der Waals surface area contributed by atoms with Gasteiger partial charge in [0, 0.05) is 33.2 Å². The van der Waals surface area contributed by atoms with Gasteiger partial charge in [-0.05, 0) is 69.3 Å². The summed E-state index contributed by atoms with van der Waals surface area (Å²) < 4.78 is 5.68. The first-order chi connectivity index (χ1) is 15.0. The Hall–Kier alpha value is -2.28. The summed E-state index contributed by atoms with van der Waals surface area (Å²) in [4.78, 5) is 31.9. The average Bonchev–Trinajstić information content (AvgIpc) is 3.41. The molecular weight excluding hydrogens is 412 g/mol. The Bertz CT molecular complexity index is 1060. The van der Waals surface area contributed by atoms with Crippen LogP contribution in [0.2, 0.25) is 0 Å². The van der Waals surface area contributed by atoms with Crippen LogP contribution in [0.5, 0.6) is 0 Å². The van der Waals surface area contributed by atoms with Gasteiger partial charge >= 0.3 is 5.97 Å². The SMILES string of the molecule is CCC1CCc2c(sc(CC(=O)C3=C(C(=O)O)CCCC3)c2-c2nc(C3CC3)no2)C1. The maximum atomic E-state index is 13.2. The number of rotatable bonds is 7. The highest BCUT2D eigenvalue weighted by atomic mass is 32.1. The van der Waals surface area contributed by atoms with Crippen molar-refractivity contribution in [1.82, 2.24) is 10.1 Å². The van der Waals surface area contributed by atoms with Crippen molar-refractivity contribution in [3.63, 3.8) is 0 Å². The molecule has 1 saturated carbocycles. The molecular formula is C24H28N2O4S. The number of nitrogens with zero attached hydrogens (tertiary/aromatic N) is 2. The highest BCUT2D eigenvalue weighted by molar-refractivity contribution is 7.12. The van der Waals surface area contributed by atoms with E-state index in [-0.39, 0.29) is 12.2 Å². The van der Waals surface area contributed by atoms with Crippen LogP contribution in [-0.4, -0.2) is 27.0 Å². The lowest BCUT2D eigenvalue weighted by atomic mass is 9.84. The molecule has 1 unspecified atom stereocenters. The van der Waals surface area contributed by atoms with Crippen molar-refractivity contribution in [1.29, 1.82) is 0 Å². The lowest BCUT2D eigenvalue weighted by molar-refractivity contribution is -0.133. The third-order valence-electron chi connectivity index (χ3n) is 7.00. The van der Waals surface area contributed by atoms with Crippen molar-refractivity contribution in [2.45, 2.75) is 83.5 Å². The smallest absolute Gasteiger partial charge is 0.331 e. The van der Waals surface area contributed by atoms with E-state index in [9.17, 15) is 14.7 Å². The van der Waals surface area contributed by atoms with Gasteiger partial charge in [-0.15, -0.1) is 11.3 Å². The maximum Gasteiger partial charge on any atom is 0.331 e. The summed E-state index contributed by atoms with van der Waals surface area (Å²) >= 11 is 1.69. The Morgan fingerprint density at radius 1 is 1.13 bits per heavy atom. The van der Waals surface area contributed by atoms with Gasteiger partial charge < -0.3 is 9.63 Å². The zero-order valence-corrected chi connectivity index (χ0v) is 18.7. The molecule has 3 aliphatic carbocycles. The zero-order valence-electron chi connectivity index (χ0n) is 17.9. The molecule has 3 aliphatic rings. The van der Waals surface area contributed by atoms with E-state index in [0.717, 1.165) is 67.6 Å². The number of carboxylic acid groups (broad SMARTS) is 1. The Kier molecular flexibility index (Phi) is 5.54. The standard InChI is InChI=1S/C24H28N2O4S/c1-2-13-7-10-17-19(11-13)31-20(21(17)23-25-22(26-30-23)14-8-9-14)12-18(27)15-5-3-4-6-16(15)24(28)29/h13-14H,2-12H2,1H3,(H,28,29). The Morgan fingerprint density at radius 2 is 1.90 bits per heavy atom. The van der Waals surface area contributed by atoms with Crippen LogP contribution in [0.4, 0.5) is 0 Å². The van der Waals surface area contributed by atoms with Crippen LogP contribution in [0.3, 0.4) is 0 Å². The molecule has 5 rings (SSSR count). The van der Waals surface area contributed by atoms with Crippen molar-refractivity contribution in [3.8, 4) is 11.5 Å². The van der Waals surface area contributed by atoms with Crippen molar-refractivity contribution >= 4 is 23.1 Å². The molecule has 2 aromatic rings. The second-order valence-corrected chi connectivity index (χ2v) is 10.3. The second-order valence-electron chi connectivity index (χ2n) is 9.12. The molecule has 1 fully saturated rings. The molecule has 0 amide bonds. The van der Waals surface area contributed by atoms with Gasteiger partial charge in [-0.3, -0.25) is 4.79 Å². The number of hydrogen-bond acceptors (Lipinski definition) is 6. The van der Waals surface area contributed by atoms with Gasteiger partial charge in [0.1, 0.15) is 0 Å². The number of hydrogen-bond donors (Lipinski definition) is 1. The van der Waals surface area contributed by atoms with E-state index >= 15 is 0 Å². The number of carboxylic acids is 1. The molecule has 6 nitrogen and oxygen atoms in total. The van der Waals surface area contributed by atoms with Crippen LogP contribution in [0.1, 0.15) is 85.4 Å².